The molecule has 2 rings (SSSR count). The summed E-state index contributed by atoms with van der Waals surface area (Å²) in [5, 5.41) is 2.92. The molecule has 0 aliphatic heterocycles. The first-order chi connectivity index (χ1) is 13.9. The predicted molar refractivity (Wildman–Crippen MR) is 124 cm³/mol. The number of amides is 2. The van der Waals surface area contributed by atoms with Gasteiger partial charge in [0.1, 0.15) is 11.8 Å². The van der Waals surface area contributed by atoms with Crippen molar-refractivity contribution in [1.29, 1.82) is 0 Å². The van der Waals surface area contributed by atoms with Gasteiger partial charge in [-0.2, -0.15) is 0 Å². The van der Waals surface area contributed by atoms with E-state index in [-0.39, 0.29) is 18.4 Å². The molecule has 29 heavy (non-hydrogen) atoms. The minimum atomic E-state index is -0.583. The number of hydrogen-bond donors (Lipinski definition) is 1. The van der Waals surface area contributed by atoms with E-state index in [2.05, 4.69) is 34.8 Å². The Labute approximate surface area is 187 Å². The van der Waals surface area contributed by atoms with Crippen molar-refractivity contribution in [1.82, 2.24) is 10.2 Å². The predicted octanol–water partition coefficient (Wildman–Crippen LogP) is 4.31. The third-order valence-electron chi connectivity index (χ3n) is 4.61. The standard InChI is InChI=1S/C23H29IN2O3/c1-4-5-13-25-23(28)18(3)26(15-19-8-6-7-17(2)14-19)22(27)16-29-21-11-9-20(24)10-12-21/h6-12,14,18H,4-5,13,15-16H2,1-3H3,(H,25,28)/t18-/m1/s1. The summed E-state index contributed by atoms with van der Waals surface area (Å²) in [6, 6.07) is 14.9. The monoisotopic (exact) mass is 508 g/mol. The Kier molecular flexibility index (Phi) is 9.44. The summed E-state index contributed by atoms with van der Waals surface area (Å²) in [6.45, 7) is 6.71. The highest BCUT2D eigenvalue weighted by atomic mass is 127. The normalized spacial score (nSPS) is 11.6. The van der Waals surface area contributed by atoms with Crippen LogP contribution in [0.4, 0.5) is 0 Å². The number of nitrogens with one attached hydrogen (secondary N) is 1. The number of nitrogens with zero attached hydrogens (tertiary/aromatic N) is 1. The lowest BCUT2D eigenvalue weighted by Gasteiger charge is -2.29. The zero-order valence-corrected chi connectivity index (χ0v) is 19.4. The Bertz CT molecular complexity index is 808. The van der Waals surface area contributed by atoms with Crippen LogP contribution in [-0.4, -0.2) is 35.9 Å². The highest BCUT2D eigenvalue weighted by molar-refractivity contribution is 14.1. The smallest absolute Gasteiger partial charge is 0.261 e. The molecule has 156 valence electrons. The maximum Gasteiger partial charge on any atom is 0.261 e. The molecular formula is C23H29IN2O3. The second kappa shape index (κ2) is 11.8. The van der Waals surface area contributed by atoms with E-state index in [1.54, 1.807) is 11.8 Å². The lowest BCUT2D eigenvalue weighted by atomic mass is 10.1. The van der Waals surface area contributed by atoms with Crippen molar-refractivity contribution in [3.8, 4) is 5.75 Å². The molecule has 0 heterocycles. The minimum Gasteiger partial charge on any atom is -0.484 e. The molecule has 6 heteroatoms. The summed E-state index contributed by atoms with van der Waals surface area (Å²) >= 11 is 2.22. The van der Waals surface area contributed by atoms with Gasteiger partial charge in [-0.1, -0.05) is 43.2 Å². The highest BCUT2D eigenvalue weighted by Crippen LogP contribution is 2.15. The molecule has 5 nitrogen and oxygen atoms in total. The third kappa shape index (κ3) is 7.68. The zero-order chi connectivity index (χ0) is 21.2. The van der Waals surface area contributed by atoms with Gasteiger partial charge in [-0.15, -0.1) is 0 Å². The van der Waals surface area contributed by atoms with Crippen LogP contribution in [0.15, 0.2) is 48.5 Å². The lowest BCUT2D eigenvalue weighted by molar-refractivity contribution is -0.142. The van der Waals surface area contributed by atoms with Gasteiger partial charge in [0, 0.05) is 16.7 Å². The lowest BCUT2D eigenvalue weighted by Crippen LogP contribution is -2.49. The summed E-state index contributed by atoms with van der Waals surface area (Å²) in [4.78, 5) is 27.1. The van der Waals surface area contributed by atoms with E-state index in [9.17, 15) is 9.59 Å². The molecule has 0 radical (unpaired) electrons. The zero-order valence-electron chi connectivity index (χ0n) is 17.3. The average Bonchev–Trinajstić information content (AvgIpc) is 2.71. The van der Waals surface area contributed by atoms with Gasteiger partial charge in [-0.25, -0.2) is 0 Å². The maximum absolute atomic E-state index is 13.0. The topological polar surface area (TPSA) is 58.6 Å². The Morgan fingerprint density at radius 2 is 1.90 bits per heavy atom. The molecule has 0 unspecified atom stereocenters. The van der Waals surface area contributed by atoms with Gasteiger partial charge >= 0.3 is 0 Å². The van der Waals surface area contributed by atoms with E-state index < -0.39 is 6.04 Å². The number of halogens is 1. The van der Waals surface area contributed by atoms with E-state index in [1.165, 1.54) is 0 Å². The van der Waals surface area contributed by atoms with Crippen molar-refractivity contribution in [3.05, 3.63) is 63.2 Å². The van der Waals surface area contributed by atoms with E-state index in [0.29, 0.717) is 18.8 Å². The fraction of sp³-hybridized carbons (Fsp3) is 0.391. The van der Waals surface area contributed by atoms with Crippen molar-refractivity contribution in [2.45, 2.75) is 46.2 Å². The van der Waals surface area contributed by atoms with Gasteiger partial charge in [0.2, 0.25) is 5.91 Å². The summed E-state index contributed by atoms with van der Waals surface area (Å²) in [5.74, 6) is 0.270. The van der Waals surface area contributed by atoms with Crippen molar-refractivity contribution >= 4 is 34.4 Å². The number of rotatable bonds is 10. The Hall–Kier alpha value is -2.09. The molecule has 1 N–H and O–H groups in total. The Morgan fingerprint density at radius 1 is 1.17 bits per heavy atom. The second-order valence-corrected chi connectivity index (χ2v) is 8.32. The van der Waals surface area contributed by atoms with Crippen LogP contribution in [0.3, 0.4) is 0 Å². The van der Waals surface area contributed by atoms with Crippen molar-refractivity contribution in [2.24, 2.45) is 0 Å². The number of carbonyl (C=O) groups is 2. The molecule has 2 amide bonds. The molecule has 0 aliphatic rings. The number of benzene rings is 2. The van der Waals surface area contributed by atoms with Crippen LogP contribution in [0.1, 0.15) is 37.8 Å². The molecule has 1 atom stereocenters. The number of ether oxygens (including phenoxy) is 1. The van der Waals surface area contributed by atoms with Crippen LogP contribution in [0.5, 0.6) is 5.75 Å². The molecular weight excluding hydrogens is 479 g/mol. The molecule has 0 aromatic heterocycles. The summed E-state index contributed by atoms with van der Waals surface area (Å²) in [6.07, 6.45) is 1.92. The average molecular weight is 508 g/mol. The highest BCUT2D eigenvalue weighted by Gasteiger charge is 2.26. The van der Waals surface area contributed by atoms with Gasteiger partial charge in [-0.3, -0.25) is 9.59 Å². The summed E-state index contributed by atoms with van der Waals surface area (Å²) in [5.41, 5.74) is 2.10. The number of carbonyl (C=O) groups excluding carboxylic acids is 2. The Morgan fingerprint density at radius 3 is 2.55 bits per heavy atom. The number of aryl methyl sites for hydroxylation is 1. The SMILES string of the molecule is CCCCNC(=O)[C@@H](C)N(Cc1cccc(C)c1)C(=O)COc1ccc(I)cc1. The molecule has 2 aromatic carbocycles. The minimum absolute atomic E-state index is 0.112. The van der Waals surface area contributed by atoms with E-state index in [1.807, 2.05) is 55.5 Å². The molecule has 0 aliphatic carbocycles. The van der Waals surface area contributed by atoms with Crippen molar-refractivity contribution < 1.29 is 14.3 Å². The van der Waals surface area contributed by atoms with Crippen molar-refractivity contribution in [2.75, 3.05) is 13.2 Å². The Balaban J connectivity index is 2.10. The van der Waals surface area contributed by atoms with Gasteiger partial charge in [0.25, 0.3) is 5.91 Å². The van der Waals surface area contributed by atoms with Crippen LogP contribution in [0.25, 0.3) is 0 Å². The maximum atomic E-state index is 13.0. The van der Waals surface area contributed by atoms with Gasteiger partial charge in [0.05, 0.1) is 0 Å². The molecule has 0 bridgehead atoms. The van der Waals surface area contributed by atoms with Gasteiger partial charge in [-0.05, 0) is 72.7 Å². The molecule has 0 fully saturated rings. The van der Waals surface area contributed by atoms with Crippen LogP contribution >= 0.6 is 22.6 Å². The molecule has 0 saturated heterocycles. The quantitative estimate of drug-likeness (QED) is 0.385. The van der Waals surface area contributed by atoms with E-state index >= 15 is 0 Å². The van der Waals surface area contributed by atoms with Crippen LogP contribution in [0.2, 0.25) is 0 Å². The number of unbranched alkanes of at least 4 members (excludes halogenated alkanes) is 1. The van der Waals surface area contributed by atoms with E-state index in [0.717, 1.165) is 27.5 Å². The van der Waals surface area contributed by atoms with Gasteiger partial charge in [0.15, 0.2) is 6.61 Å². The van der Waals surface area contributed by atoms with Crippen LogP contribution < -0.4 is 10.1 Å². The largest absolute Gasteiger partial charge is 0.484 e. The first kappa shape index (κ1) is 23.2. The molecule has 2 aromatic rings. The molecule has 0 saturated carbocycles. The number of hydrogen-bond acceptors (Lipinski definition) is 3. The first-order valence-electron chi connectivity index (χ1n) is 9.91. The fourth-order valence-electron chi connectivity index (χ4n) is 2.88. The van der Waals surface area contributed by atoms with Crippen LogP contribution in [-0.2, 0) is 16.1 Å². The summed E-state index contributed by atoms with van der Waals surface area (Å²) in [7, 11) is 0. The first-order valence-corrected chi connectivity index (χ1v) is 11.0. The van der Waals surface area contributed by atoms with Crippen LogP contribution in [0, 0.1) is 10.5 Å². The van der Waals surface area contributed by atoms with Crippen molar-refractivity contribution in [3.63, 3.8) is 0 Å². The summed E-state index contributed by atoms with van der Waals surface area (Å²) < 4.78 is 6.76. The fourth-order valence-corrected chi connectivity index (χ4v) is 3.24. The van der Waals surface area contributed by atoms with E-state index in [4.69, 9.17) is 4.74 Å². The second-order valence-electron chi connectivity index (χ2n) is 7.07. The molecule has 0 spiro atoms. The van der Waals surface area contributed by atoms with Gasteiger partial charge < -0.3 is 15.0 Å². The third-order valence-corrected chi connectivity index (χ3v) is 5.33.